The second kappa shape index (κ2) is 8.49. The topological polar surface area (TPSA) is 61.8 Å². The molecule has 0 spiro atoms. The number of likely N-dealkylation sites (tertiary alicyclic amines) is 1. The van der Waals surface area contributed by atoms with Crippen molar-refractivity contribution in [3.63, 3.8) is 0 Å². The first-order chi connectivity index (χ1) is 11.4. The van der Waals surface area contributed by atoms with Crippen LogP contribution >= 0.6 is 0 Å². The van der Waals surface area contributed by atoms with E-state index in [0.29, 0.717) is 12.5 Å². The van der Waals surface area contributed by atoms with E-state index in [1.165, 1.54) is 5.56 Å². The minimum absolute atomic E-state index is 0.157. The number of ether oxygens (including phenoxy) is 1. The largest absolute Gasteiger partial charge is 0.444 e. The van der Waals surface area contributed by atoms with Gasteiger partial charge in [-0.05, 0) is 51.6 Å². The van der Waals surface area contributed by atoms with Gasteiger partial charge in [-0.2, -0.15) is 0 Å². The molecule has 1 heterocycles. The summed E-state index contributed by atoms with van der Waals surface area (Å²) in [4.78, 5) is 14.0. The SMILES string of the molecule is CC(C)(C)OC(=O)NCC[C@H]1CCN(Cc2ccccc2)[C@@H]1CO. The molecule has 1 aliphatic heterocycles. The fourth-order valence-corrected chi connectivity index (χ4v) is 3.28. The number of carbonyl (C=O) groups is 1. The molecule has 24 heavy (non-hydrogen) atoms. The summed E-state index contributed by atoms with van der Waals surface area (Å²) in [6.07, 6.45) is 1.53. The van der Waals surface area contributed by atoms with Crippen LogP contribution < -0.4 is 5.32 Å². The molecule has 5 heteroatoms. The van der Waals surface area contributed by atoms with Gasteiger partial charge in [0, 0.05) is 19.1 Å². The van der Waals surface area contributed by atoms with E-state index in [2.05, 4.69) is 22.3 Å². The van der Waals surface area contributed by atoms with Gasteiger partial charge in [0.05, 0.1) is 6.61 Å². The first-order valence-electron chi connectivity index (χ1n) is 8.75. The van der Waals surface area contributed by atoms with Gasteiger partial charge < -0.3 is 15.2 Å². The fourth-order valence-electron chi connectivity index (χ4n) is 3.28. The fraction of sp³-hybridized carbons (Fsp3) is 0.632. The smallest absolute Gasteiger partial charge is 0.407 e. The molecule has 1 saturated heterocycles. The lowest BCUT2D eigenvalue weighted by atomic mass is 9.97. The predicted molar refractivity (Wildman–Crippen MR) is 94.7 cm³/mol. The van der Waals surface area contributed by atoms with Crippen molar-refractivity contribution in [2.75, 3.05) is 19.7 Å². The van der Waals surface area contributed by atoms with Crippen LogP contribution in [0.15, 0.2) is 30.3 Å². The molecule has 0 unspecified atom stereocenters. The van der Waals surface area contributed by atoms with E-state index in [4.69, 9.17) is 4.74 Å². The summed E-state index contributed by atoms with van der Waals surface area (Å²) < 4.78 is 5.25. The Labute approximate surface area is 145 Å². The molecule has 1 fully saturated rings. The highest BCUT2D eigenvalue weighted by Crippen LogP contribution is 2.28. The van der Waals surface area contributed by atoms with Crippen molar-refractivity contribution in [1.29, 1.82) is 0 Å². The number of hydrogen-bond donors (Lipinski definition) is 2. The number of alkyl carbamates (subject to hydrolysis) is 1. The summed E-state index contributed by atoms with van der Waals surface area (Å²) >= 11 is 0. The van der Waals surface area contributed by atoms with Crippen LogP contribution in [0.1, 0.15) is 39.2 Å². The minimum atomic E-state index is -0.475. The van der Waals surface area contributed by atoms with E-state index >= 15 is 0 Å². The predicted octanol–water partition coefficient (Wildman–Crippen LogP) is 2.78. The van der Waals surface area contributed by atoms with Crippen molar-refractivity contribution >= 4 is 6.09 Å². The zero-order valence-corrected chi connectivity index (χ0v) is 15.0. The van der Waals surface area contributed by atoms with Gasteiger partial charge in [-0.1, -0.05) is 30.3 Å². The molecule has 0 aromatic heterocycles. The lowest BCUT2D eigenvalue weighted by Gasteiger charge is -2.27. The van der Waals surface area contributed by atoms with Crippen molar-refractivity contribution in [3.05, 3.63) is 35.9 Å². The number of carbonyl (C=O) groups excluding carboxylic acids is 1. The third kappa shape index (κ3) is 5.80. The molecule has 1 amide bonds. The number of amides is 1. The molecule has 5 nitrogen and oxygen atoms in total. The molecule has 0 aliphatic carbocycles. The van der Waals surface area contributed by atoms with Crippen LogP contribution in [0.4, 0.5) is 4.79 Å². The van der Waals surface area contributed by atoms with E-state index in [1.54, 1.807) is 0 Å². The molecule has 134 valence electrons. The summed E-state index contributed by atoms with van der Waals surface area (Å²) in [5.74, 6) is 0.397. The Kier molecular flexibility index (Phi) is 6.63. The third-order valence-electron chi connectivity index (χ3n) is 4.40. The number of aliphatic hydroxyl groups excluding tert-OH is 1. The quantitative estimate of drug-likeness (QED) is 0.840. The molecule has 2 rings (SSSR count). The van der Waals surface area contributed by atoms with E-state index in [9.17, 15) is 9.90 Å². The molecular weight excluding hydrogens is 304 g/mol. The number of aliphatic hydroxyl groups is 1. The summed E-state index contributed by atoms with van der Waals surface area (Å²) in [5, 5.41) is 12.6. The lowest BCUT2D eigenvalue weighted by molar-refractivity contribution is 0.0522. The highest BCUT2D eigenvalue weighted by molar-refractivity contribution is 5.67. The van der Waals surface area contributed by atoms with Crippen LogP contribution in [0.2, 0.25) is 0 Å². The summed E-state index contributed by atoms with van der Waals surface area (Å²) in [5.41, 5.74) is 0.792. The monoisotopic (exact) mass is 334 g/mol. The van der Waals surface area contributed by atoms with Crippen molar-refractivity contribution in [2.45, 2.75) is 51.8 Å². The Bertz CT molecular complexity index is 513. The van der Waals surface area contributed by atoms with Crippen LogP contribution in [0.3, 0.4) is 0 Å². The van der Waals surface area contributed by atoms with Gasteiger partial charge in [0.25, 0.3) is 0 Å². The molecule has 1 aromatic carbocycles. The van der Waals surface area contributed by atoms with Crippen LogP contribution in [0.25, 0.3) is 0 Å². The Hall–Kier alpha value is -1.59. The molecule has 1 aromatic rings. The Morgan fingerprint density at radius 2 is 2.04 bits per heavy atom. The van der Waals surface area contributed by atoms with E-state index in [-0.39, 0.29) is 18.7 Å². The van der Waals surface area contributed by atoms with Gasteiger partial charge >= 0.3 is 6.09 Å². The van der Waals surface area contributed by atoms with Gasteiger partial charge in [-0.3, -0.25) is 4.90 Å². The number of nitrogens with zero attached hydrogens (tertiary/aromatic N) is 1. The van der Waals surface area contributed by atoms with Gasteiger partial charge in [-0.15, -0.1) is 0 Å². The first kappa shape index (κ1) is 18.7. The zero-order valence-electron chi connectivity index (χ0n) is 15.0. The van der Waals surface area contributed by atoms with E-state index in [0.717, 1.165) is 25.9 Å². The highest BCUT2D eigenvalue weighted by Gasteiger charge is 2.33. The van der Waals surface area contributed by atoms with E-state index < -0.39 is 5.60 Å². The number of rotatable bonds is 6. The Morgan fingerprint density at radius 1 is 1.33 bits per heavy atom. The maximum absolute atomic E-state index is 11.7. The average Bonchev–Trinajstić information content (AvgIpc) is 2.88. The standard InChI is InChI=1S/C19H30N2O3/c1-19(2,3)24-18(23)20-11-9-16-10-12-21(17(16)14-22)13-15-7-5-4-6-8-15/h4-8,16-17,22H,9-14H2,1-3H3,(H,20,23)/t16-,17+/m0/s1. The molecule has 0 radical (unpaired) electrons. The van der Waals surface area contributed by atoms with Crippen LogP contribution in [0.5, 0.6) is 0 Å². The number of benzene rings is 1. The van der Waals surface area contributed by atoms with Gasteiger partial charge in [0.1, 0.15) is 5.60 Å². The summed E-state index contributed by atoms with van der Waals surface area (Å²) in [6.45, 7) is 8.14. The van der Waals surface area contributed by atoms with Gasteiger partial charge in [0.15, 0.2) is 0 Å². The zero-order chi connectivity index (χ0) is 17.6. The third-order valence-corrected chi connectivity index (χ3v) is 4.40. The first-order valence-corrected chi connectivity index (χ1v) is 8.75. The summed E-state index contributed by atoms with van der Waals surface area (Å²) in [6, 6.07) is 10.5. The van der Waals surface area contributed by atoms with Crippen molar-refractivity contribution in [2.24, 2.45) is 5.92 Å². The summed E-state index contributed by atoms with van der Waals surface area (Å²) in [7, 11) is 0. The van der Waals surface area contributed by atoms with Crippen LogP contribution in [-0.4, -0.2) is 47.4 Å². The Morgan fingerprint density at radius 3 is 2.67 bits per heavy atom. The lowest BCUT2D eigenvalue weighted by Crippen LogP contribution is -2.37. The van der Waals surface area contributed by atoms with Gasteiger partial charge in [-0.25, -0.2) is 4.79 Å². The highest BCUT2D eigenvalue weighted by atomic mass is 16.6. The minimum Gasteiger partial charge on any atom is -0.444 e. The van der Waals surface area contributed by atoms with E-state index in [1.807, 2.05) is 39.0 Å². The maximum Gasteiger partial charge on any atom is 0.407 e. The van der Waals surface area contributed by atoms with Crippen molar-refractivity contribution < 1.29 is 14.6 Å². The molecule has 0 bridgehead atoms. The maximum atomic E-state index is 11.7. The van der Waals surface area contributed by atoms with Crippen molar-refractivity contribution in [3.8, 4) is 0 Å². The molecular formula is C19H30N2O3. The molecule has 2 atom stereocenters. The average molecular weight is 334 g/mol. The van der Waals surface area contributed by atoms with Crippen LogP contribution in [-0.2, 0) is 11.3 Å². The molecule has 2 N–H and O–H groups in total. The molecule has 0 saturated carbocycles. The van der Waals surface area contributed by atoms with Crippen molar-refractivity contribution in [1.82, 2.24) is 10.2 Å². The second-order valence-electron chi connectivity index (χ2n) is 7.47. The van der Waals surface area contributed by atoms with Crippen LogP contribution in [0, 0.1) is 5.92 Å². The second-order valence-corrected chi connectivity index (χ2v) is 7.47. The number of hydrogen-bond acceptors (Lipinski definition) is 4. The van der Waals surface area contributed by atoms with Gasteiger partial charge in [0.2, 0.25) is 0 Å². The number of nitrogens with one attached hydrogen (secondary N) is 1. The normalized spacial score (nSPS) is 21.7. The molecule has 1 aliphatic rings. The Balaban J connectivity index is 1.78.